The summed E-state index contributed by atoms with van der Waals surface area (Å²) < 4.78 is 5.77. The van der Waals surface area contributed by atoms with Gasteiger partial charge in [-0.2, -0.15) is 0 Å². The largest absolute Gasteiger partial charge is 0.508 e. The first-order chi connectivity index (χ1) is 9.63. The number of benzene rings is 2. The molecule has 2 nitrogen and oxygen atoms in total. The fraction of sp³-hybridized carbons (Fsp3) is 0.294. The number of hydrogen-bond donors (Lipinski definition) is 1. The molecule has 106 valence electrons. The molecule has 0 amide bonds. The lowest BCUT2D eigenvalue weighted by molar-refractivity contribution is 0.318. The number of phenolic OH excluding ortho intramolecular Hbond substituents is 1. The van der Waals surface area contributed by atoms with Crippen molar-refractivity contribution in [1.82, 2.24) is 0 Å². The molecule has 0 aromatic heterocycles. The quantitative estimate of drug-likeness (QED) is 0.623. The van der Waals surface area contributed by atoms with Crippen molar-refractivity contribution in [1.29, 1.82) is 0 Å². The van der Waals surface area contributed by atoms with Crippen molar-refractivity contribution in [2.24, 2.45) is 0 Å². The molecule has 0 atom stereocenters. The van der Waals surface area contributed by atoms with Crippen molar-refractivity contribution in [3.8, 4) is 11.5 Å². The van der Waals surface area contributed by atoms with Crippen LogP contribution in [0, 0.1) is 13.8 Å². The molecule has 3 heteroatoms. The highest BCUT2D eigenvalue weighted by Crippen LogP contribution is 2.21. The van der Waals surface area contributed by atoms with Crippen molar-refractivity contribution in [3.05, 3.63) is 53.6 Å². The molecule has 0 heterocycles. The van der Waals surface area contributed by atoms with Crippen molar-refractivity contribution in [3.63, 3.8) is 0 Å². The lowest BCUT2D eigenvalue weighted by Gasteiger charge is -2.08. The Bertz CT molecular complexity index is 529. The molecule has 0 radical (unpaired) electrons. The Labute approximate surface area is 124 Å². The fourth-order valence-corrected chi connectivity index (χ4v) is 2.82. The second-order valence-electron chi connectivity index (χ2n) is 4.87. The van der Waals surface area contributed by atoms with E-state index in [1.807, 2.05) is 12.1 Å². The van der Waals surface area contributed by atoms with Gasteiger partial charge in [-0.15, -0.1) is 11.8 Å². The van der Waals surface area contributed by atoms with Crippen LogP contribution < -0.4 is 4.74 Å². The third kappa shape index (κ3) is 4.82. The Morgan fingerprint density at radius 3 is 2.30 bits per heavy atom. The third-order valence-electron chi connectivity index (χ3n) is 2.86. The topological polar surface area (TPSA) is 29.5 Å². The molecule has 0 bridgehead atoms. The molecule has 0 fully saturated rings. The second-order valence-corrected chi connectivity index (χ2v) is 6.04. The van der Waals surface area contributed by atoms with Gasteiger partial charge in [-0.3, -0.25) is 0 Å². The number of ether oxygens (including phenoxy) is 1. The highest BCUT2D eigenvalue weighted by atomic mass is 32.2. The maximum Gasteiger partial charge on any atom is 0.119 e. The van der Waals surface area contributed by atoms with Crippen molar-refractivity contribution in [2.45, 2.75) is 25.2 Å². The minimum Gasteiger partial charge on any atom is -0.508 e. The standard InChI is InChI=1S/C17H20O2S/c1-13-10-14(2)12-16(11-13)19-8-3-9-20-17-6-4-15(18)5-7-17/h4-7,10-12,18H,3,8-9H2,1-2H3. The van der Waals surface area contributed by atoms with Crippen LogP contribution in [0.3, 0.4) is 0 Å². The van der Waals surface area contributed by atoms with Gasteiger partial charge in [0, 0.05) is 10.6 Å². The molecule has 0 aliphatic rings. The van der Waals surface area contributed by atoms with E-state index in [-0.39, 0.29) is 0 Å². The summed E-state index contributed by atoms with van der Waals surface area (Å²) in [5.41, 5.74) is 2.47. The molecule has 0 spiro atoms. The SMILES string of the molecule is Cc1cc(C)cc(OCCCSc2ccc(O)cc2)c1. The van der Waals surface area contributed by atoms with Crippen LogP contribution in [0.4, 0.5) is 0 Å². The summed E-state index contributed by atoms with van der Waals surface area (Å²) in [4.78, 5) is 1.18. The monoisotopic (exact) mass is 288 g/mol. The third-order valence-corrected chi connectivity index (χ3v) is 3.96. The molecule has 20 heavy (non-hydrogen) atoms. The van der Waals surface area contributed by atoms with Crippen LogP contribution >= 0.6 is 11.8 Å². The van der Waals surface area contributed by atoms with Gasteiger partial charge in [-0.05, 0) is 67.8 Å². The van der Waals surface area contributed by atoms with Crippen molar-refractivity contribution >= 4 is 11.8 Å². The number of rotatable bonds is 6. The molecule has 2 rings (SSSR count). The van der Waals surface area contributed by atoms with Gasteiger partial charge in [0.05, 0.1) is 6.61 Å². The molecular formula is C17H20O2S. The summed E-state index contributed by atoms with van der Waals surface area (Å²) in [5.74, 6) is 2.28. The van der Waals surface area contributed by atoms with E-state index in [0.717, 1.165) is 24.5 Å². The average molecular weight is 288 g/mol. The Kier molecular flexibility index (Phi) is 5.36. The zero-order chi connectivity index (χ0) is 14.4. The van der Waals surface area contributed by atoms with Gasteiger partial charge in [0.1, 0.15) is 11.5 Å². The number of phenols is 1. The van der Waals surface area contributed by atoms with Crippen LogP contribution in [0.25, 0.3) is 0 Å². The van der Waals surface area contributed by atoms with E-state index in [1.54, 1.807) is 23.9 Å². The van der Waals surface area contributed by atoms with Gasteiger partial charge < -0.3 is 9.84 Å². The van der Waals surface area contributed by atoms with Gasteiger partial charge in [0.25, 0.3) is 0 Å². The van der Waals surface area contributed by atoms with E-state index in [2.05, 4.69) is 32.0 Å². The average Bonchev–Trinajstić information content (AvgIpc) is 2.39. The smallest absolute Gasteiger partial charge is 0.119 e. The summed E-state index contributed by atoms with van der Waals surface area (Å²) in [6.45, 7) is 4.90. The Hall–Kier alpha value is -1.61. The minimum atomic E-state index is 0.313. The summed E-state index contributed by atoms with van der Waals surface area (Å²) in [6.07, 6.45) is 0.999. The first-order valence-corrected chi connectivity index (χ1v) is 7.75. The van der Waals surface area contributed by atoms with E-state index in [1.165, 1.54) is 16.0 Å². The van der Waals surface area contributed by atoms with Gasteiger partial charge in [-0.1, -0.05) is 6.07 Å². The zero-order valence-corrected chi connectivity index (χ0v) is 12.7. The molecule has 0 unspecified atom stereocenters. The van der Waals surface area contributed by atoms with E-state index < -0.39 is 0 Å². The van der Waals surface area contributed by atoms with E-state index in [9.17, 15) is 5.11 Å². The zero-order valence-electron chi connectivity index (χ0n) is 11.9. The summed E-state index contributed by atoms with van der Waals surface area (Å²) in [7, 11) is 0. The lowest BCUT2D eigenvalue weighted by Crippen LogP contribution is -1.99. The summed E-state index contributed by atoms with van der Waals surface area (Å²) >= 11 is 1.78. The Morgan fingerprint density at radius 2 is 1.65 bits per heavy atom. The second kappa shape index (κ2) is 7.25. The summed E-state index contributed by atoms with van der Waals surface area (Å²) in [5, 5.41) is 9.21. The highest BCUT2D eigenvalue weighted by Gasteiger charge is 1.98. The van der Waals surface area contributed by atoms with Gasteiger partial charge in [0.15, 0.2) is 0 Å². The van der Waals surface area contributed by atoms with E-state index in [4.69, 9.17) is 4.74 Å². The van der Waals surface area contributed by atoms with Crippen LogP contribution in [0.15, 0.2) is 47.4 Å². The van der Waals surface area contributed by atoms with E-state index >= 15 is 0 Å². The minimum absolute atomic E-state index is 0.313. The first-order valence-electron chi connectivity index (χ1n) is 6.76. The van der Waals surface area contributed by atoms with Crippen molar-refractivity contribution in [2.75, 3.05) is 12.4 Å². The summed E-state index contributed by atoms with van der Waals surface area (Å²) in [6, 6.07) is 13.6. The van der Waals surface area contributed by atoms with Gasteiger partial charge in [-0.25, -0.2) is 0 Å². The van der Waals surface area contributed by atoms with Crippen LogP contribution in [-0.2, 0) is 0 Å². The molecule has 0 saturated carbocycles. The fourth-order valence-electron chi connectivity index (χ4n) is 2.00. The van der Waals surface area contributed by atoms with Crippen LogP contribution in [-0.4, -0.2) is 17.5 Å². The van der Waals surface area contributed by atoms with Crippen LogP contribution in [0.1, 0.15) is 17.5 Å². The molecule has 0 aliphatic heterocycles. The van der Waals surface area contributed by atoms with Gasteiger partial charge >= 0.3 is 0 Å². The van der Waals surface area contributed by atoms with Crippen LogP contribution in [0.2, 0.25) is 0 Å². The maximum absolute atomic E-state index is 9.21. The normalized spacial score (nSPS) is 10.5. The predicted molar refractivity (Wildman–Crippen MR) is 84.9 cm³/mol. The molecule has 0 saturated heterocycles. The number of hydrogen-bond acceptors (Lipinski definition) is 3. The Balaban J connectivity index is 1.70. The van der Waals surface area contributed by atoms with Crippen LogP contribution in [0.5, 0.6) is 11.5 Å². The maximum atomic E-state index is 9.21. The highest BCUT2D eigenvalue weighted by molar-refractivity contribution is 7.99. The molecule has 2 aromatic rings. The first kappa shape index (κ1) is 14.8. The molecule has 1 N–H and O–H groups in total. The number of aromatic hydroxyl groups is 1. The molecule has 2 aromatic carbocycles. The molecular weight excluding hydrogens is 268 g/mol. The Morgan fingerprint density at radius 1 is 1.00 bits per heavy atom. The number of aryl methyl sites for hydroxylation is 2. The molecule has 0 aliphatic carbocycles. The van der Waals surface area contributed by atoms with E-state index in [0.29, 0.717) is 5.75 Å². The predicted octanol–water partition coefficient (Wildman–Crippen LogP) is 4.57. The number of thioether (sulfide) groups is 1. The van der Waals surface area contributed by atoms with Crippen molar-refractivity contribution < 1.29 is 9.84 Å². The van der Waals surface area contributed by atoms with Gasteiger partial charge in [0.2, 0.25) is 0 Å². The lowest BCUT2D eigenvalue weighted by atomic mass is 10.1.